The third kappa shape index (κ3) is 5.16. The van der Waals surface area contributed by atoms with Crippen molar-refractivity contribution >= 4 is 23.4 Å². The van der Waals surface area contributed by atoms with E-state index >= 15 is 0 Å². The Morgan fingerprint density at radius 3 is 2.77 bits per heavy atom. The van der Waals surface area contributed by atoms with Crippen molar-refractivity contribution in [3.8, 4) is 0 Å². The lowest BCUT2D eigenvalue weighted by Gasteiger charge is -2.10. The van der Waals surface area contributed by atoms with Gasteiger partial charge in [-0.2, -0.15) is 4.98 Å². The third-order valence-corrected chi connectivity index (χ3v) is 3.45. The van der Waals surface area contributed by atoms with Crippen LogP contribution in [0, 0.1) is 6.92 Å². The van der Waals surface area contributed by atoms with E-state index in [1.54, 1.807) is 7.11 Å². The number of rotatable bonds is 8. The quantitative estimate of drug-likeness (QED) is 0.729. The van der Waals surface area contributed by atoms with Gasteiger partial charge in [0.25, 0.3) is 0 Å². The number of ether oxygens (including phenoxy) is 1. The molecule has 2 N–H and O–H groups in total. The number of nitrogens with one attached hydrogen (secondary N) is 2. The van der Waals surface area contributed by atoms with Crippen LogP contribution >= 0.6 is 11.6 Å². The number of aryl methyl sites for hydroxylation is 1. The maximum absolute atomic E-state index is 6.15. The molecule has 0 saturated heterocycles. The largest absolute Gasteiger partial charge is 0.385 e. The predicted molar refractivity (Wildman–Crippen MR) is 90.5 cm³/mol. The summed E-state index contributed by atoms with van der Waals surface area (Å²) in [6, 6.07) is 9.65. The Hall–Kier alpha value is -1.85. The first kappa shape index (κ1) is 16.5. The van der Waals surface area contributed by atoms with Crippen LogP contribution in [0.1, 0.15) is 17.7 Å². The van der Waals surface area contributed by atoms with Crippen LogP contribution in [0.4, 0.5) is 11.8 Å². The van der Waals surface area contributed by atoms with Gasteiger partial charge in [-0.15, -0.1) is 0 Å². The average molecular weight is 321 g/mol. The van der Waals surface area contributed by atoms with Crippen LogP contribution in [0.5, 0.6) is 0 Å². The molecule has 6 heteroatoms. The van der Waals surface area contributed by atoms with Crippen molar-refractivity contribution in [3.05, 3.63) is 46.6 Å². The molecule has 22 heavy (non-hydrogen) atoms. The van der Waals surface area contributed by atoms with E-state index in [2.05, 4.69) is 20.6 Å². The van der Waals surface area contributed by atoms with E-state index in [-0.39, 0.29) is 0 Å². The maximum Gasteiger partial charge on any atom is 0.225 e. The van der Waals surface area contributed by atoms with E-state index in [1.165, 1.54) is 0 Å². The van der Waals surface area contributed by atoms with Crippen LogP contribution in [-0.4, -0.2) is 30.2 Å². The summed E-state index contributed by atoms with van der Waals surface area (Å²) >= 11 is 6.15. The highest BCUT2D eigenvalue weighted by molar-refractivity contribution is 6.31. The molecule has 0 aliphatic rings. The fourth-order valence-electron chi connectivity index (χ4n) is 1.99. The molecule has 0 unspecified atom stereocenters. The molecule has 1 heterocycles. The summed E-state index contributed by atoms with van der Waals surface area (Å²) in [5, 5.41) is 7.22. The Bertz CT molecular complexity index is 606. The van der Waals surface area contributed by atoms with Crippen LogP contribution in [0.2, 0.25) is 5.02 Å². The van der Waals surface area contributed by atoms with Crippen LogP contribution in [0.3, 0.4) is 0 Å². The molecular weight excluding hydrogens is 300 g/mol. The first-order valence-corrected chi connectivity index (χ1v) is 7.62. The van der Waals surface area contributed by atoms with Gasteiger partial charge in [0.1, 0.15) is 5.82 Å². The summed E-state index contributed by atoms with van der Waals surface area (Å²) in [4.78, 5) is 8.85. The van der Waals surface area contributed by atoms with E-state index in [4.69, 9.17) is 16.3 Å². The zero-order valence-corrected chi connectivity index (χ0v) is 13.7. The van der Waals surface area contributed by atoms with Crippen molar-refractivity contribution in [2.45, 2.75) is 19.9 Å². The lowest BCUT2D eigenvalue weighted by Crippen LogP contribution is -2.10. The van der Waals surface area contributed by atoms with Crippen molar-refractivity contribution in [1.29, 1.82) is 0 Å². The average Bonchev–Trinajstić information content (AvgIpc) is 2.50. The molecule has 2 aromatic rings. The number of aromatic nitrogens is 2. The van der Waals surface area contributed by atoms with Crippen molar-refractivity contribution < 1.29 is 4.74 Å². The van der Waals surface area contributed by atoms with Crippen molar-refractivity contribution in [2.75, 3.05) is 30.9 Å². The summed E-state index contributed by atoms with van der Waals surface area (Å²) in [5.41, 5.74) is 1.93. The van der Waals surface area contributed by atoms with Crippen molar-refractivity contribution in [2.24, 2.45) is 0 Å². The molecule has 0 fully saturated rings. The van der Waals surface area contributed by atoms with Gasteiger partial charge in [-0.1, -0.05) is 29.8 Å². The van der Waals surface area contributed by atoms with Gasteiger partial charge in [-0.3, -0.25) is 0 Å². The third-order valence-electron chi connectivity index (χ3n) is 3.08. The van der Waals surface area contributed by atoms with Gasteiger partial charge in [0, 0.05) is 43.6 Å². The van der Waals surface area contributed by atoms with Crippen LogP contribution in [-0.2, 0) is 11.3 Å². The molecule has 0 bridgehead atoms. The predicted octanol–water partition coefficient (Wildman–Crippen LogP) is 3.50. The van der Waals surface area contributed by atoms with Gasteiger partial charge in [0.15, 0.2) is 0 Å². The highest BCUT2D eigenvalue weighted by Crippen LogP contribution is 2.16. The summed E-state index contributed by atoms with van der Waals surface area (Å²) in [6.45, 7) is 4.08. The van der Waals surface area contributed by atoms with Crippen LogP contribution < -0.4 is 10.6 Å². The number of hydrogen-bond donors (Lipinski definition) is 2. The Morgan fingerprint density at radius 1 is 1.18 bits per heavy atom. The van der Waals surface area contributed by atoms with Gasteiger partial charge < -0.3 is 15.4 Å². The molecular formula is C16H21ClN4O. The molecule has 118 valence electrons. The van der Waals surface area contributed by atoms with E-state index in [0.29, 0.717) is 12.5 Å². The molecule has 0 atom stereocenters. The molecule has 0 radical (unpaired) electrons. The first-order chi connectivity index (χ1) is 10.7. The molecule has 2 rings (SSSR count). The lowest BCUT2D eigenvalue weighted by atomic mass is 10.2. The van der Waals surface area contributed by atoms with Crippen molar-refractivity contribution in [1.82, 2.24) is 9.97 Å². The smallest absolute Gasteiger partial charge is 0.225 e. The second-order valence-electron chi connectivity index (χ2n) is 4.94. The maximum atomic E-state index is 6.15. The minimum Gasteiger partial charge on any atom is -0.385 e. The second kappa shape index (κ2) is 8.56. The Morgan fingerprint density at radius 2 is 2.00 bits per heavy atom. The van der Waals surface area contributed by atoms with E-state index in [9.17, 15) is 0 Å². The van der Waals surface area contributed by atoms with Gasteiger partial charge in [-0.25, -0.2) is 4.98 Å². The first-order valence-electron chi connectivity index (χ1n) is 7.25. The fourth-order valence-corrected chi connectivity index (χ4v) is 2.19. The minimum absolute atomic E-state index is 0.590. The summed E-state index contributed by atoms with van der Waals surface area (Å²) < 4.78 is 5.03. The normalized spacial score (nSPS) is 10.5. The molecule has 0 spiro atoms. The number of hydrogen-bond acceptors (Lipinski definition) is 5. The molecule has 0 amide bonds. The topological polar surface area (TPSA) is 59.1 Å². The van der Waals surface area contributed by atoms with Crippen LogP contribution in [0.15, 0.2) is 30.3 Å². The summed E-state index contributed by atoms with van der Waals surface area (Å²) in [6.07, 6.45) is 0.932. The number of benzene rings is 1. The number of methoxy groups -OCH3 is 1. The summed E-state index contributed by atoms with van der Waals surface area (Å²) in [7, 11) is 1.70. The highest BCUT2D eigenvalue weighted by atomic mass is 35.5. The van der Waals surface area contributed by atoms with E-state index in [1.807, 2.05) is 37.3 Å². The van der Waals surface area contributed by atoms with Gasteiger partial charge in [0.2, 0.25) is 5.95 Å². The number of halogens is 1. The monoisotopic (exact) mass is 320 g/mol. The lowest BCUT2D eigenvalue weighted by molar-refractivity contribution is 0.198. The molecule has 1 aromatic carbocycles. The second-order valence-corrected chi connectivity index (χ2v) is 5.34. The molecule has 5 nitrogen and oxygen atoms in total. The standard InChI is InChI=1S/C16H21ClN4O/c1-12-10-15(18-8-5-9-22-2)21-16(20-12)19-11-13-6-3-4-7-14(13)17/h3-4,6-7,10H,5,8-9,11H2,1-2H3,(H2,18,19,20,21). The van der Waals surface area contributed by atoms with Gasteiger partial charge in [-0.05, 0) is 25.0 Å². The highest BCUT2D eigenvalue weighted by Gasteiger charge is 2.04. The zero-order valence-electron chi connectivity index (χ0n) is 12.9. The SMILES string of the molecule is COCCCNc1cc(C)nc(NCc2ccccc2Cl)n1. The van der Waals surface area contributed by atoms with E-state index in [0.717, 1.165) is 41.7 Å². The molecule has 1 aromatic heterocycles. The van der Waals surface area contributed by atoms with Gasteiger partial charge >= 0.3 is 0 Å². The van der Waals surface area contributed by atoms with Crippen molar-refractivity contribution in [3.63, 3.8) is 0 Å². The van der Waals surface area contributed by atoms with E-state index < -0.39 is 0 Å². The molecule has 0 aliphatic carbocycles. The minimum atomic E-state index is 0.590. The number of anilines is 2. The Kier molecular flexibility index (Phi) is 6.43. The van der Waals surface area contributed by atoms with Crippen LogP contribution in [0.25, 0.3) is 0 Å². The zero-order chi connectivity index (χ0) is 15.8. The Balaban J connectivity index is 1.96. The summed E-state index contributed by atoms with van der Waals surface area (Å²) in [5.74, 6) is 1.40. The molecule has 0 aliphatic heterocycles. The van der Waals surface area contributed by atoms with Gasteiger partial charge in [0.05, 0.1) is 0 Å². The number of nitrogens with zero attached hydrogens (tertiary/aromatic N) is 2. The molecule has 0 saturated carbocycles. The fraction of sp³-hybridized carbons (Fsp3) is 0.375. The Labute approximate surface area is 136 Å².